The van der Waals surface area contributed by atoms with Crippen molar-refractivity contribution in [3.05, 3.63) is 130 Å². The van der Waals surface area contributed by atoms with Crippen LogP contribution in [-0.2, 0) is 32.3 Å². The van der Waals surface area contributed by atoms with Crippen molar-refractivity contribution < 1.29 is 19.2 Å². The van der Waals surface area contributed by atoms with Gasteiger partial charge in [-0.05, 0) is 74.2 Å². The fourth-order valence-corrected chi connectivity index (χ4v) is 6.67. The number of azo groups is 1. The first-order chi connectivity index (χ1) is 29.0. The molecule has 0 bridgehead atoms. The molecule has 12 nitrogen and oxygen atoms in total. The third-order valence-corrected chi connectivity index (χ3v) is 10.3. The van der Waals surface area contributed by atoms with Crippen LogP contribution in [0.4, 0.5) is 11.4 Å². The molecule has 0 aromatic heterocycles. The minimum atomic E-state index is -1.42. The summed E-state index contributed by atoms with van der Waals surface area (Å²) in [5.41, 5.74) is 3.60. The number of amides is 4. The van der Waals surface area contributed by atoms with Crippen LogP contribution < -0.4 is 20.4 Å². The molecule has 0 saturated carbocycles. The molecule has 2 aliphatic heterocycles. The van der Waals surface area contributed by atoms with Crippen molar-refractivity contribution in [2.75, 3.05) is 22.9 Å². The van der Waals surface area contributed by atoms with Gasteiger partial charge in [0.15, 0.2) is 11.1 Å². The first-order valence-electron chi connectivity index (χ1n) is 19.8. The van der Waals surface area contributed by atoms with Gasteiger partial charge in [-0.3, -0.25) is 19.2 Å². The first-order valence-corrected chi connectivity index (χ1v) is 19.8. The van der Waals surface area contributed by atoms with E-state index >= 15 is 0 Å². The van der Waals surface area contributed by atoms with Crippen molar-refractivity contribution in [2.24, 2.45) is 10.2 Å². The van der Waals surface area contributed by atoms with E-state index in [1.807, 2.05) is 97.1 Å². The molecule has 300 valence electrons. The summed E-state index contributed by atoms with van der Waals surface area (Å²) in [6.45, 7) is 3.90. The molecule has 0 spiro atoms. The minimum absolute atomic E-state index is 0.0113. The van der Waals surface area contributed by atoms with Crippen molar-refractivity contribution in [3.8, 4) is 35.8 Å². The third kappa shape index (κ3) is 10.7. The van der Waals surface area contributed by atoms with E-state index < -0.39 is 11.1 Å². The van der Waals surface area contributed by atoms with Gasteiger partial charge >= 0.3 is 0 Å². The average molecular weight is 797 g/mol. The van der Waals surface area contributed by atoms with E-state index in [2.05, 4.69) is 56.7 Å². The first kappa shape index (κ1) is 42.1. The molecule has 0 radical (unpaired) electrons. The fraction of sp³-hybridized carbons (Fsp3) is 0.292. The molecule has 4 aromatic carbocycles. The van der Waals surface area contributed by atoms with E-state index in [4.69, 9.17) is 0 Å². The van der Waals surface area contributed by atoms with Crippen LogP contribution in [0.1, 0.15) is 85.8 Å². The number of carbonyl (C=O) groups is 4. The number of para-hydroxylation sites is 2. The molecule has 2 heterocycles. The number of hydrogen-bond acceptors (Lipinski definition) is 8. The average Bonchev–Trinajstić information content (AvgIpc) is 3.25. The highest BCUT2D eigenvalue weighted by Gasteiger charge is 2.30. The van der Waals surface area contributed by atoms with Crippen LogP contribution in [0.3, 0.4) is 0 Å². The molecule has 2 aliphatic rings. The van der Waals surface area contributed by atoms with Gasteiger partial charge in [0.2, 0.25) is 23.6 Å². The molecule has 0 saturated heterocycles. The summed E-state index contributed by atoms with van der Waals surface area (Å²) in [4.78, 5) is 56.1. The summed E-state index contributed by atoms with van der Waals surface area (Å²) >= 11 is 0. The minimum Gasteiger partial charge on any atom is -0.356 e. The van der Waals surface area contributed by atoms with E-state index in [9.17, 15) is 29.7 Å². The summed E-state index contributed by atoms with van der Waals surface area (Å²) in [6.07, 6.45) is -0.0190. The predicted octanol–water partition coefficient (Wildman–Crippen LogP) is 6.47. The molecular formula is C48H44N8O4. The Morgan fingerprint density at radius 1 is 0.567 bits per heavy atom. The van der Waals surface area contributed by atoms with Gasteiger partial charge in [0.1, 0.15) is 0 Å². The largest absolute Gasteiger partial charge is 0.356 e. The number of anilines is 2. The Bertz CT molecular complexity index is 2370. The molecule has 60 heavy (non-hydrogen) atoms. The van der Waals surface area contributed by atoms with E-state index in [0.29, 0.717) is 24.5 Å². The standard InChI is InChI=1S/C48H44N8O4/c1-47(33-49,27-23-43(57)51-29-25-45(59)55-31-39-15-5-3-11-35(39)19-21-37-13-7-9-17-41(37)55)53-54-48(2,34-50)28-24-44(58)52-30-26-46(60)56-32-40-16-6-4-12-36(40)20-22-38-14-8-10-18-42(38)56/h3-18H,23-32H2,1-2H3,(H,51,57)(H,52,58). The Morgan fingerprint density at radius 3 is 1.32 bits per heavy atom. The second-order valence-electron chi connectivity index (χ2n) is 15.0. The van der Waals surface area contributed by atoms with Crippen molar-refractivity contribution in [2.45, 2.75) is 76.5 Å². The zero-order chi connectivity index (χ0) is 42.5. The van der Waals surface area contributed by atoms with Crippen molar-refractivity contribution in [3.63, 3.8) is 0 Å². The zero-order valence-corrected chi connectivity index (χ0v) is 33.6. The maximum Gasteiger partial charge on any atom is 0.229 e. The van der Waals surface area contributed by atoms with Crippen LogP contribution in [0.2, 0.25) is 0 Å². The normalized spacial score (nSPS) is 14.3. The van der Waals surface area contributed by atoms with Gasteiger partial charge in [-0.1, -0.05) is 84.3 Å². The lowest BCUT2D eigenvalue weighted by Gasteiger charge is -2.26. The highest BCUT2D eigenvalue weighted by Crippen LogP contribution is 2.28. The van der Waals surface area contributed by atoms with E-state index in [0.717, 1.165) is 33.4 Å². The number of nitrogens with zero attached hydrogens (tertiary/aromatic N) is 6. The van der Waals surface area contributed by atoms with Crippen molar-refractivity contribution in [1.82, 2.24) is 10.6 Å². The Balaban J connectivity index is 0.954. The molecule has 2 N–H and O–H groups in total. The second kappa shape index (κ2) is 19.3. The summed E-state index contributed by atoms with van der Waals surface area (Å²) in [5, 5.41) is 33.8. The number of hydrogen-bond donors (Lipinski definition) is 2. The molecule has 4 aromatic rings. The van der Waals surface area contributed by atoms with Gasteiger partial charge in [-0.2, -0.15) is 20.8 Å². The SMILES string of the molecule is CC(C#N)(CCC(=O)NCCC(=O)N1Cc2ccccc2C#Cc2ccccc21)N=NC(C)(C#N)CCC(=O)NCCC(=O)N1Cc2ccccc2C#Cc2ccccc21. The highest BCUT2D eigenvalue weighted by molar-refractivity contribution is 5.96. The summed E-state index contributed by atoms with van der Waals surface area (Å²) in [7, 11) is 0. The van der Waals surface area contributed by atoms with E-state index in [1.165, 1.54) is 13.8 Å². The molecule has 4 amide bonds. The molecule has 6 rings (SSSR count). The quantitative estimate of drug-likeness (QED) is 0.109. The molecule has 2 atom stereocenters. The fourth-order valence-electron chi connectivity index (χ4n) is 6.67. The van der Waals surface area contributed by atoms with Gasteiger partial charge in [-0.25, -0.2) is 0 Å². The molecule has 2 unspecified atom stereocenters. The Kier molecular flexibility index (Phi) is 13.5. The van der Waals surface area contributed by atoms with Gasteiger partial charge < -0.3 is 20.4 Å². The number of fused-ring (bicyclic) bond motifs is 4. The molecular weight excluding hydrogens is 753 g/mol. The van der Waals surface area contributed by atoms with Crippen LogP contribution in [0.25, 0.3) is 0 Å². The maximum absolute atomic E-state index is 13.5. The lowest BCUT2D eigenvalue weighted by Crippen LogP contribution is -2.35. The van der Waals surface area contributed by atoms with Crippen LogP contribution in [0.15, 0.2) is 107 Å². The second-order valence-corrected chi connectivity index (χ2v) is 15.0. The lowest BCUT2D eigenvalue weighted by atomic mass is 9.97. The van der Waals surface area contributed by atoms with Crippen LogP contribution >= 0.6 is 0 Å². The molecule has 0 aliphatic carbocycles. The highest BCUT2D eigenvalue weighted by atomic mass is 16.2. The van der Waals surface area contributed by atoms with Crippen molar-refractivity contribution in [1.29, 1.82) is 10.5 Å². The summed E-state index contributed by atoms with van der Waals surface area (Å²) in [6, 6.07) is 34.5. The van der Waals surface area contributed by atoms with Gasteiger partial charge in [0, 0.05) is 61.0 Å². The Labute approximate surface area is 350 Å². The maximum atomic E-state index is 13.5. The Morgan fingerprint density at radius 2 is 0.917 bits per heavy atom. The van der Waals surface area contributed by atoms with Crippen LogP contribution in [-0.4, -0.2) is 47.8 Å². The predicted molar refractivity (Wildman–Crippen MR) is 227 cm³/mol. The van der Waals surface area contributed by atoms with Gasteiger partial charge in [-0.15, -0.1) is 0 Å². The number of rotatable bonds is 14. The van der Waals surface area contributed by atoms with Crippen LogP contribution in [0, 0.1) is 46.3 Å². The summed E-state index contributed by atoms with van der Waals surface area (Å²) in [5.74, 6) is 11.7. The van der Waals surface area contributed by atoms with Crippen LogP contribution in [0.5, 0.6) is 0 Å². The molecule has 12 heteroatoms. The number of nitrogens with one attached hydrogen (secondary N) is 2. The topological polar surface area (TPSA) is 171 Å². The lowest BCUT2D eigenvalue weighted by molar-refractivity contribution is -0.123. The number of nitriles is 2. The van der Waals surface area contributed by atoms with E-state index in [-0.39, 0.29) is 75.2 Å². The monoisotopic (exact) mass is 796 g/mol. The third-order valence-electron chi connectivity index (χ3n) is 10.3. The summed E-state index contributed by atoms with van der Waals surface area (Å²) < 4.78 is 0. The smallest absolute Gasteiger partial charge is 0.229 e. The molecule has 0 fully saturated rings. The Hall–Kier alpha value is -7.54. The van der Waals surface area contributed by atoms with Gasteiger partial charge in [0.25, 0.3) is 0 Å². The zero-order valence-electron chi connectivity index (χ0n) is 33.6. The van der Waals surface area contributed by atoms with E-state index in [1.54, 1.807) is 9.80 Å². The van der Waals surface area contributed by atoms with Gasteiger partial charge in [0.05, 0.1) is 36.6 Å². The van der Waals surface area contributed by atoms with Crippen molar-refractivity contribution >= 4 is 35.0 Å². The number of carbonyl (C=O) groups excluding carboxylic acids is 4. The number of benzene rings is 4.